The van der Waals surface area contributed by atoms with Gasteiger partial charge in [0.05, 0.1) is 18.2 Å². The fourth-order valence-corrected chi connectivity index (χ4v) is 1.88. The molecule has 0 saturated carbocycles. The van der Waals surface area contributed by atoms with Crippen molar-refractivity contribution in [2.24, 2.45) is 0 Å². The van der Waals surface area contributed by atoms with Gasteiger partial charge in [-0.1, -0.05) is 30.3 Å². The molecule has 94 valence electrons. The Morgan fingerprint density at radius 1 is 1.11 bits per heavy atom. The zero-order valence-corrected chi connectivity index (χ0v) is 10.9. The number of halogens is 1. The van der Waals surface area contributed by atoms with Crippen LogP contribution < -0.4 is 4.74 Å². The standard InChI is InChI=1S/C15H16ClNO/c16-12-14-11-15(8-9-17-14)18-10-4-7-13-5-2-1-3-6-13/h1-3,5-6,8-9,11H,4,7,10,12H2. The summed E-state index contributed by atoms with van der Waals surface area (Å²) in [6.45, 7) is 0.709. The molecule has 0 atom stereocenters. The number of rotatable bonds is 6. The predicted octanol–water partition coefficient (Wildman–Crippen LogP) is 3.83. The smallest absolute Gasteiger partial charge is 0.122 e. The van der Waals surface area contributed by atoms with E-state index in [1.54, 1.807) is 6.20 Å². The molecule has 2 rings (SSSR count). The molecule has 0 radical (unpaired) electrons. The summed E-state index contributed by atoms with van der Waals surface area (Å²) in [5, 5.41) is 0. The number of hydrogen-bond donors (Lipinski definition) is 0. The van der Waals surface area contributed by atoms with Crippen molar-refractivity contribution in [2.75, 3.05) is 6.61 Å². The number of hydrogen-bond acceptors (Lipinski definition) is 2. The summed E-state index contributed by atoms with van der Waals surface area (Å²) in [6, 6.07) is 14.2. The highest BCUT2D eigenvalue weighted by Gasteiger charge is 1.97. The number of nitrogens with zero attached hydrogens (tertiary/aromatic N) is 1. The average Bonchev–Trinajstić information content (AvgIpc) is 2.45. The van der Waals surface area contributed by atoms with Gasteiger partial charge in [-0.3, -0.25) is 4.98 Å². The quantitative estimate of drug-likeness (QED) is 0.582. The van der Waals surface area contributed by atoms with Crippen LogP contribution in [0, 0.1) is 0 Å². The normalized spacial score (nSPS) is 10.3. The Bertz CT molecular complexity index is 473. The number of benzene rings is 1. The average molecular weight is 262 g/mol. The Balaban J connectivity index is 1.75. The van der Waals surface area contributed by atoms with Gasteiger partial charge in [-0.05, 0) is 24.5 Å². The van der Waals surface area contributed by atoms with E-state index in [1.807, 2.05) is 18.2 Å². The van der Waals surface area contributed by atoms with Gasteiger partial charge in [-0.2, -0.15) is 0 Å². The van der Waals surface area contributed by atoms with Crippen LogP contribution >= 0.6 is 11.6 Å². The second-order valence-electron chi connectivity index (χ2n) is 4.05. The first-order valence-electron chi connectivity index (χ1n) is 6.06. The summed E-state index contributed by atoms with van der Waals surface area (Å²) in [6.07, 6.45) is 3.76. The van der Waals surface area contributed by atoms with E-state index in [0.717, 1.165) is 24.3 Å². The van der Waals surface area contributed by atoms with Gasteiger partial charge in [0.15, 0.2) is 0 Å². The number of pyridine rings is 1. The lowest BCUT2D eigenvalue weighted by atomic mass is 10.1. The Labute approximate surface area is 113 Å². The first-order valence-corrected chi connectivity index (χ1v) is 6.59. The summed E-state index contributed by atoms with van der Waals surface area (Å²) in [7, 11) is 0. The maximum Gasteiger partial charge on any atom is 0.122 e. The Hall–Kier alpha value is -1.54. The number of alkyl halides is 1. The molecule has 0 saturated heterocycles. The molecular formula is C15H16ClNO. The second-order valence-corrected chi connectivity index (χ2v) is 4.32. The maximum absolute atomic E-state index is 5.72. The van der Waals surface area contributed by atoms with Gasteiger partial charge in [0.1, 0.15) is 5.75 Å². The van der Waals surface area contributed by atoms with E-state index >= 15 is 0 Å². The van der Waals surface area contributed by atoms with Gasteiger partial charge >= 0.3 is 0 Å². The van der Waals surface area contributed by atoms with E-state index < -0.39 is 0 Å². The number of ether oxygens (including phenoxy) is 1. The highest BCUT2D eigenvalue weighted by atomic mass is 35.5. The van der Waals surface area contributed by atoms with Crippen LogP contribution in [0.1, 0.15) is 17.7 Å². The SMILES string of the molecule is ClCc1cc(OCCCc2ccccc2)ccn1. The van der Waals surface area contributed by atoms with Crippen molar-refractivity contribution in [3.8, 4) is 5.75 Å². The number of aryl methyl sites for hydroxylation is 1. The lowest BCUT2D eigenvalue weighted by Crippen LogP contribution is -2.00. The molecule has 2 aromatic rings. The molecule has 18 heavy (non-hydrogen) atoms. The Morgan fingerprint density at radius 3 is 2.72 bits per heavy atom. The molecule has 0 aliphatic carbocycles. The molecule has 1 heterocycles. The largest absolute Gasteiger partial charge is 0.493 e. The Kier molecular flexibility index (Phi) is 5.03. The van der Waals surface area contributed by atoms with Gasteiger partial charge in [0.2, 0.25) is 0 Å². The summed E-state index contributed by atoms with van der Waals surface area (Å²) in [5.74, 6) is 1.26. The second kappa shape index (κ2) is 7.02. The molecule has 0 aliphatic heterocycles. The summed E-state index contributed by atoms with van der Waals surface area (Å²) < 4.78 is 5.67. The van der Waals surface area contributed by atoms with E-state index in [0.29, 0.717) is 12.5 Å². The van der Waals surface area contributed by atoms with Crippen LogP contribution in [0.3, 0.4) is 0 Å². The summed E-state index contributed by atoms with van der Waals surface area (Å²) in [4.78, 5) is 4.12. The van der Waals surface area contributed by atoms with Crippen LogP contribution in [-0.2, 0) is 12.3 Å². The van der Waals surface area contributed by atoms with Crippen LogP contribution in [0.25, 0.3) is 0 Å². The van der Waals surface area contributed by atoms with Gasteiger partial charge in [0.25, 0.3) is 0 Å². The van der Waals surface area contributed by atoms with Crippen molar-refractivity contribution in [1.82, 2.24) is 4.98 Å². The molecule has 3 heteroatoms. The van der Waals surface area contributed by atoms with E-state index in [1.165, 1.54) is 5.56 Å². The van der Waals surface area contributed by atoms with Crippen molar-refractivity contribution in [2.45, 2.75) is 18.7 Å². The van der Waals surface area contributed by atoms with Gasteiger partial charge < -0.3 is 4.74 Å². The highest BCUT2D eigenvalue weighted by Crippen LogP contribution is 2.13. The molecule has 0 amide bonds. The van der Waals surface area contributed by atoms with Crippen molar-refractivity contribution in [3.63, 3.8) is 0 Å². The maximum atomic E-state index is 5.72. The van der Waals surface area contributed by atoms with Crippen molar-refractivity contribution >= 4 is 11.6 Å². The van der Waals surface area contributed by atoms with E-state index in [-0.39, 0.29) is 0 Å². The molecule has 0 spiro atoms. The van der Waals surface area contributed by atoms with Crippen LogP contribution in [0.15, 0.2) is 48.7 Å². The van der Waals surface area contributed by atoms with E-state index in [4.69, 9.17) is 16.3 Å². The van der Waals surface area contributed by atoms with Crippen molar-refractivity contribution < 1.29 is 4.74 Å². The molecular weight excluding hydrogens is 246 g/mol. The third-order valence-corrected chi connectivity index (χ3v) is 2.92. The summed E-state index contributed by atoms with van der Waals surface area (Å²) in [5.41, 5.74) is 2.19. The van der Waals surface area contributed by atoms with Gasteiger partial charge in [-0.15, -0.1) is 11.6 Å². The summed E-state index contributed by atoms with van der Waals surface area (Å²) >= 11 is 5.72. The van der Waals surface area contributed by atoms with Crippen LogP contribution in [0.4, 0.5) is 0 Å². The van der Waals surface area contributed by atoms with Crippen LogP contribution in [0.2, 0.25) is 0 Å². The molecule has 0 unspecified atom stereocenters. The lowest BCUT2D eigenvalue weighted by Gasteiger charge is -2.06. The molecule has 0 aliphatic rings. The zero-order chi connectivity index (χ0) is 12.6. The van der Waals surface area contributed by atoms with Crippen LogP contribution in [0.5, 0.6) is 5.75 Å². The zero-order valence-electron chi connectivity index (χ0n) is 10.2. The van der Waals surface area contributed by atoms with Gasteiger partial charge in [-0.25, -0.2) is 0 Å². The fraction of sp³-hybridized carbons (Fsp3) is 0.267. The molecule has 0 N–H and O–H groups in total. The third kappa shape index (κ3) is 4.04. The van der Waals surface area contributed by atoms with Gasteiger partial charge in [0, 0.05) is 12.3 Å². The fourth-order valence-electron chi connectivity index (χ4n) is 1.73. The molecule has 1 aromatic heterocycles. The molecule has 2 nitrogen and oxygen atoms in total. The molecule has 0 bridgehead atoms. The predicted molar refractivity (Wildman–Crippen MR) is 74.1 cm³/mol. The number of aromatic nitrogens is 1. The minimum Gasteiger partial charge on any atom is -0.493 e. The molecule has 0 fully saturated rings. The minimum atomic E-state index is 0.418. The third-order valence-electron chi connectivity index (χ3n) is 2.65. The van der Waals surface area contributed by atoms with Crippen molar-refractivity contribution in [3.05, 3.63) is 59.9 Å². The lowest BCUT2D eigenvalue weighted by molar-refractivity contribution is 0.310. The van der Waals surface area contributed by atoms with Crippen LogP contribution in [-0.4, -0.2) is 11.6 Å². The monoisotopic (exact) mass is 261 g/mol. The van der Waals surface area contributed by atoms with Crippen molar-refractivity contribution in [1.29, 1.82) is 0 Å². The molecule has 1 aromatic carbocycles. The minimum absolute atomic E-state index is 0.418. The first-order chi connectivity index (χ1) is 8.88. The topological polar surface area (TPSA) is 22.1 Å². The van der Waals surface area contributed by atoms with E-state index in [2.05, 4.69) is 29.2 Å². The first kappa shape index (κ1) is 12.9. The highest BCUT2D eigenvalue weighted by molar-refractivity contribution is 6.16. The Morgan fingerprint density at radius 2 is 1.94 bits per heavy atom. The van der Waals surface area contributed by atoms with E-state index in [9.17, 15) is 0 Å².